The molecule has 0 aliphatic carbocycles. The van der Waals surface area contributed by atoms with Crippen LogP contribution in [0.5, 0.6) is 0 Å². The molecule has 0 aliphatic heterocycles. The molecule has 2 aromatic rings. The molecular formula is C16H16N2O10S2. The summed E-state index contributed by atoms with van der Waals surface area (Å²) in [5.74, 6) is 0. The van der Waals surface area contributed by atoms with Crippen LogP contribution in [0.25, 0.3) is 0 Å². The zero-order valence-corrected chi connectivity index (χ0v) is 16.8. The highest BCUT2D eigenvalue weighted by Crippen LogP contribution is 2.26. The monoisotopic (exact) mass is 460 g/mol. The molecule has 0 aliphatic rings. The molecule has 162 valence electrons. The first-order chi connectivity index (χ1) is 13.8. The van der Waals surface area contributed by atoms with Crippen molar-refractivity contribution in [1.29, 1.82) is 0 Å². The molecule has 0 saturated heterocycles. The molecule has 0 fully saturated rings. The van der Waals surface area contributed by atoms with Gasteiger partial charge in [0, 0.05) is 24.3 Å². The Morgan fingerprint density at radius 1 is 0.700 bits per heavy atom. The van der Waals surface area contributed by atoms with Gasteiger partial charge in [-0.2, -0.15) is 16.8 Å². The standard InChI is InChI=1S/C16H16N2O10S2/c19-17(20)13-5-7-15(29(23,24)25)11(9-13)3-1-2-4-12-10-14(18(21)22)6-8-16(12)30(26,27)28/h5-10H,1-4H2,(H,23,24,25)(H,26,27,28). The van der Waals surface area contributed by atoms with Crippen molar-refractivity contribution in [1.82, 2.24) is 0 Å². The van der Waals surface area contributed by atoms with E-state index in [2.05, 4.69) is 0 Å². The number of hydrogen-bond acceptors (Lipinski definition) is 8. The lowest BCUT2D eigenvalue weighted by atomic mass is 10.0. The highest BCUT2D eigenvalue weighted by Gasteiger charge is 2.21. The van der Waals surface area contributed by atoms with Crippen molar-refractivity contribution in [2.24, 2.45) is 0 Å². The van der Waals surface area contributed by atoms with Crippen molar-refractivity contribution >= 4 is 31.6 Å². The number of unbranched alkanes of at least 4 members (excludes halogenated alkanes) is 1. The maximum Gasteiger partial charge on any atom is 0.294 e. The molecule has 0 aromatic heterocycles. The first-order valence-electron chi connectivity index (χ1n) is 8.30. The van der Waals surface area contributed by atoms with Crippen molar-refractivity contribution in [2.75, 3.05) is 0 Å². The molecule has 14 heteroatoms. The predicted molar refractivity (Wildman–Crippen MR) is 102 cm³/mol. The summed E-state index contributed by atoms with van der Waals surface area (Å²) in [5.41, 5.74) is -0.740. The molecule has 0 atom stereocenters. The lowest BCUT2D eigenvalue weighted by molar-refractivity contribution is -0.385. The highest BCUT2D eigenvalue weighted by atomic mass is 32.2. The molecule has 2 N–H and O–H groups in total. The smallest absolute Gasteiger partial charge is 0.282 e. The van der Waals surface area contributed by atoms with Crippen LogP contribution in [0.15, 0.2) is 46.2 Å². The first kappa shape index (κ1) is 23.3. The number of nitro benzene ring substituents is 2. The molecule has 0 unspecified atom stereocenters. The van der Waals surface area contributed by atoms with E-state index in [1.54, 1.807) is 0 Å². The maximum absolute atomic E-state index is 11.5. The topological polar surface area (TPSA) is 195 Å². The number of hydrogen-bond donors (Lipinski definition) is 2. The molecule has 0 amide bonds. The number of non-ortho nitro benzene ring substituents is 2. The predicted octanol–water partition coefficient (Wildman–Crippen LogP) is 2.56. The van der Waals surface area contributed by atoms with E-state index in [0.717, 1.165) is 36.4 Å². The minimum Gasteiger partial charge on any atom is -0.282 e. The number of nitro groups is 2. The third kappa shape index (κ3) is 5.79. The Morgan fingerprint density at radius 2 is 1.03 bits per heavy atom. The molecule has 0 bridgehead atoms. The highest BCUT2D eigenvalue weighted by molar-refractivity contribution is 7.86. The Hall–Kier alpha value is -2.94. The van der Waals surface area contributed by atoms with Gasteiger partial charge in [0.25, 0.3) is 31.6 Å². The van der Waals surface area contributed by atoms with E-state index >= 15 is 0 Å². The molecule has 0 saturated carbocycles. The Balaban J connectivity index is 2.23. The van der Waals surface area contributed by atoms with Crippen LogP contribution in [0, 0.1) is 20.2 Å². The van der Waals surface area contributed by atoms with Gasteiger partial charge in [0.05, 0.1) is 19.6 Å². The Bertz CT molecular complexity index is 1110. The lowest BCUT2D eigenvalue weighted by Crippen LogP contribution is -2.06. The van der Waals surface area contributed by atoms with Crippen molar-refractivity contribution in [2.45, 2.75) is 35.5 Å². The summed E-state index contributed by atoms with van der Waals surface area (Å²) in [4.78, 5) is 19.4. The number of nitrogens with zero attached hydrogens (tertiary/aromatic N) is 2. The van der Waals surface area contributed by atoms with Crippen LogP contribution in [0.3, 0.4) is 0 Å². The summed E-state index contributed by atoms with van der Waals surface area (Å²) in [6, 6.07) is 5.74. The molecule has 0 spiro atoms. The van der Waals surface area contributed by atoms with Crippen LogP contribution < -0.4 is 0 Å². The SMILES string of the molecule is O=[N+]([O-])c1ccc(S(=O)(=O)O)c(CCCCc2cc([N+](=O)[O-])ccc2S(=O)(=O)O)c1. The average Bonchev–Trinajstić information content (AvgIpc) is 2.63. The van der Waals surface area contributed by atoms with Crippen LogP contribution in [-0.4, -0.2) is 35.8 Å². The van der Waals surface area contributed by atoms with Gasteiger partial charge in [-0.1, -0.05) is 0 Å². The van der Waals surface area contributed by atoms with E-state index < -0.39 is 39.9 Å². The summed E-state index contributed by atoms with van der Waals surface area (Å²) >= 11 is 0. The summed E-state index contributed by atoms with van der Waals surface area (Å²) in [6.45, 7) is 0. The van der Waals surface area contributed by atoms with Gasteiger partial charge in [-0.3, -0.25) is 29.3 Å². The maximum atomic E-state index is 11.5. The van der Waals surface area contributed by atoms with Crippen LogP contribution in [0.4, 0.5) is 11.4 Å². The quantitative estimate of drug-likeness (QED) is 0.243. The van der Waals surface area contributed by atoms with Crippen molar-refractivity contribution < 1.29 is 35.8 Å². The minimum absolute atomic E-state index is 0.000690. The summed E-state index contributed by atoms with van der Waals surface area (Å²) in [5, 5.41) is 21.8. The fourth-order valence-corrected chi connectivity index (χ4v) is 4.35. The molecule has 12 nitrogen and oxygen atoms in total. The third-order valence-electron chi connectivity index (χ3n) is 4.21. The van der Waals surface area contributed by atoms with Crippen LogP contribution in [-0.2, 0) is 33.1 Å². The zero-order valence-electron chi connectivity index (χ0n) is 15.2. The van der Waals surface area contributed by atoms with Gasteiger partial charge in [0.15, 0.2) is 0 Å². The second-order valence-corrected chi connectivity index (χ2v) is 9.04. The van der Waals surface area contributed by atoms with E-state index in [9.17, 15) is 46.2 Å². The number of benzene rings is 2. The first-order valence-corrected chi connectivity index (χ1v) is 11.2. The lowest BCUT2D eigenvalue weighted by Gasteiger charge is -2.09. The van der Waals surface area contributed by atoms with Crippen molar-refractivity contribution in [3.8, 4) is 0 Å². The van der Waals surface area contributed by atoms with Gasteiger partial charge >= 0.3 is 0 Å². The van der Waals surface area contributed by atoms with E-state index in [1.165, 1.54) is 0 Å². The summed E-state index contributed by atoms with van der Waals surface area (Å²) in [6.07, 6.45) is 0.397. The van der Waals surface area contributed by atoms with Gasteiger partial charge in [-0.05, 0) is 48.9 Å². The summed E-state index contributed by atoms with van der Waals surface area (Å²) in [7, 11) is -9.23. The Kier molecular flexibility index (Phi) is 6.87. The summed E-state index contributed by atoms with van der Waals surface area (Å²) < 4.78 is 64.5. The van der Waals surface area contributed by atoms with Crippen molar-refractivity contribution in [3.63, 3.8) is 0 Å². The van der Waals surface area contributed by atoms with E-state index in [1.807, 2.05) is 0 Å². The minimum atomic E-state index is -4.62. The average molecular weight is 460 g/mol. The second kappa shape index (κ2) is 8.83. The van der Waals surface area contributed by atoms with Gasteiger partial charge < -0.3 is 0 Å². The van der Waals surface area contributed by atoms with Crippen LogP contribution in [0.1, 0.15) is 24.0 Å². The molecule has 2 rings (SSSR count). The fraction of sp³-hybridized carbons (Fsp3) is 0.250. The van der Waals surface area contributed by atoms with Crippen LogP contribution in [0.2, 0.25) is 0 Å². The normalized spacial score (nSPS) is 11.9. The van der Waals surface area contributed by atoms with E-state index in [4.69, 9.17) is 0 Å². The largest absolute Gasteiger partial charge is 0.294 e. The van der Waals surface area contributed by atoms with Crippen molar-refractivity contribution in [3.05, 3.63) is 67.8 Å². The van der Waals surface area contributed by atoms with Gasteiger partial charge in [0.2, 0.25) is 0 Å². The Labute approximate surface area is 171 Å². The number of rotatable bonds is 9. The molecule has 0 radical (unpaired) electrons. The zero-order chi connectivity index (χ0) is 22.7. The molecule has 0 heterocycles. The molecule has 2 aromatic carbocycles. The van der Waals surface area contributed by atoms with E-state index in [-0.39, 0.29) is 48.2 Å². The second-order valence-electron chi connectivity index (χ2n) is 6.26. The third-order valence-corrected chi connectivity index (χ3v) is 6.12. The Morgan fingerprint density at radius 3 is 1.30 bits per heavy atom. The fourth-order valence-electron chi connectivity index (χ4n) is 2.88. The molecule has 30 heavy (non-hydrogen) atoms. The number of aryl methyl sites for hydroxylation is 2. The van der Waals surface area contributed by atoms with Crippen LogP contribution >= 0.6 is 0 Å². The van der Waals surface area contributed by atoms with Gasteiger partial charge in [-0.15, -0.1) is 0 Å². The van der Waals surface area contributed by atoms with Gasteiger partial charge in [0.1, 0.15) is 0 Å². The molecular weight excluding hydrogens is 444 g/mol. The van der Waals surface area contributed by atoms with Gasteiger partial charge in [-0.25, -0.2) is 0 Å². The van der Waals surface area contributed by atoms with E-state index in [0.29, 0.717) is 0 Å².